The van der Waals surface area contributed by atoms with Gasteiger partial charge in [-0.25, -0.2) is 0 Å². The van der Waals surface area contributed by atoms with Gasteiger partial charge >= 0.3 is 0 Å². The molecule has 1 aromatic carbocycles. The monoisotopic (exact) mass is 261 g/mol. The summed E-state index contributed by atoms with van der Waals surface area (Å²) in [6.07, 6.45) is 3.30. The van der Waals surface area contributed by atoms with Crippen LogP contribution in [0.3, 0.4) is 0 Å². The quantitative estimate of drug-likeness (QED) is 0.578. The van der Waals surface area contributed by atoms with E-state index in [2.05, 4.69) is 24.6 Å². The van der Waals surface area contributed by atoms with Gasteiger partial charge in [-0.05, 0) is 55.4 Å². The van der Waals surface area contributed by atoms with E-state index >= 15 is 0 Å². The van der Waals surface area contributed by atoms with E-state index in [0.29, 0.717) is 17.0 Å². The predicted octanol–water partition coefficient (Wildman–Crippen LogP) is 2.59. The highest BCUT2D eigenvalue weighted by Crippen LogP contribution is 2.37. The van der Waals surface area contributed by atoms with Crippen molar-refractivity contribution in [2.75, 3.05) is 5.43 Å². The standard InChI is InChI=1S/C15H23N3O/c1-10-8-11(4-5-13(10)18-16)14(19)17-12-6-7-15(2,3)9-12/h4-5,8,12,18H,6-7,9,16H2,1-3H3,(H,17,19). The number of anilines is 1. The largest absolute Gasteiger partial charge is 0.349 e. The molecule has 0 aliphatic heterocycles. The van der Waals surface area contributed by atoms with Crippen LogP contribution in [0.4, 0.5) is 5.69 Å². The summed E-state index contributed by atoms with van der Waals surface area (Å²) in [5.74, 6) is 5.40. The molecule has 4 N–H and O–H groups in total. The zero-order valence-electron chi connectivity index (χ0n) is 11.9. The lowest BCUT2D eigenvalue weighted by Gasteiger charge is -2.18. The smallest absolute Gasteiger partial charge is 0.251 e. The average molecular weight is 261 g/mol. The van der Waals surface area contributed by atoms with Gasteiger partial charge in [-0.2, -0.15) is 0 Å². The second-order valence-corrected chi connectivity index (χ2v) is 6.25. The summed E-state index contributed by atoms with van der Waals surface area (Å²) in [6, 6.07) is 5.81. The normalized spacial score (nSPS) is 21.2. The maximum Gasteiger partial charge on any atom is 0.251 e. The van der Waals surface area contributed by atoms with Crippen molar-refractivity contribution in [2.24, 2.45) is 11.3 Å². The van der Waals surface area contributed by atoms with E-state index in [1.165, 1.54) is 6.42 Å². The molecule has 1 aliphatic carbocycles. The molecule has 1 amide bonds. The molecule has 0 spiro atoms. The molecule has 4 nitrogen and oxygen atoms in total. The van der Waals surface area contributed by atoms with E-state index in [1.807, 2.05) is 19.1 Å². The van der Waals surface area contributed by atoms with Crippen molar-refractivity contribution in [2.45, 2.75) is 46.1 Å². The molecule has 1 aromatic rings. The van der Waals surface area contributed by atoms with Crippen molar-refractivity contribution in [3.8, 4) is 0 Å². The van der Waals surface area contributed by atoms with Gasteiger partial charge in [0.15, 0.2) is 0 Å². The third-order valence-corrected chi connectivity index (χ3v) is 3.95. The van der Waals surface area contributed by atoms with E-state index in [9.17, 15) is 4.79 Å². The molecular formula is C15H23N3O. The highest BCUT2D eigenvalue weighted by Gasteiger charge is 2.31. The fourth-order valence-corrected chi connectivity index (χ4v) is 2.79. The minimum Gasteiger partial charge on any atom is -0.349 e. The van der Waals surface area contributed by atoms with Crippen LogP contribution in [0.2, 0.25) is 0 Å². The number of amides is 1. The third kappa shape index (κ3) is 3.26. The van der Waals surface area contributed by atoms with Crippen LogP contribution in [0.25, 0.3) is 0 Å². The number of hydrazine groups is 1. The maximum absolute atomic E-state index is 12.2. The lowest BCUT2D eigenvalue weighted by atomic mass is 9.92. The first-order valence-corrected chi connectivity index (χ1v) is 6.79. The number of hydrogen-bond acceptors (Lipinski definition) is 3. The van der Waals surface area contributed by atoms with Crippen molar-refractivity contribution in [3.63, 3.8) is 0 Å². The number of nitrogens with two attached hydrogens (primary N) is 1. The molecule has 0 radical (unpaired) electrons. The number of nitrogens with one attached hydrogen (secondary N) is 2. The topological polar surface area (TPSA) is 67.2 Å². The molecule has 1 fully saturated rings. The highest BCUT2D eigenvalue weighted by atomic mass is 16.1. The number of aryl methyl sites for hydroxylation is 1. The van der Waals surface area contributed by atoms with Gasteiger partial charge in [0.1, 0.15) is 0 Å². The number of nitrogen functional groups attached to an aromatic ring is 1. The summed E-state index contributed by atoms with van der Waals surface area (Å²) in [5.41, 5.74) is 5.48. The minimum atomic E-state index is 0.00868. The summed E-state index contributed by atoms with van der Waals surface area (Å²) in [6.45, 7) is 6.45. The van der Waals surface area contributed by atoms with E-state index in [1.54, 1.807) is 6.07 Å². The summed E-state index contributed by atoms with van der Waals surface area (Å²) < 4.78 is 0. The summed E-state index contributed by atoms with van der Waals surface area (Å²) in [5, 5.41) is 3.12. The van der Waals surface area contributed by atoms with Gasteiger partial charge in [-0.15, -0.1) is 0 Å². The van der Waals surface area contributed by atoms with E-state index < -0.39 is 0 Å². The Bertz CT molecular complexity index is 482. The first-order chi connectivity index (χ1) is 8.91. The molecule has 0 bridgehead atoms. The van der Waals surface area contributed by atoms with Gasteiger partial charge < -0.3 is 10.7 Å². The van der Waals surface area contributed by atoms with Crippen LogP contribution in [0, 0.1) is 12.3 Å². The Labute approximate surface area is 114 Å². The van der Waals surface area contributed by atoms with Crippen LogP contribution in [-0.2, 0) is 0 Å². The molecule has 0 saturated heterocycles. The zero-order chi connectivity index (χ0) is 14.0. The number of carbonyl (C=O) groups excluding carboxylic acids is 1. The lowest BCUT2D eigenvalue weighted by molar-refractivity contribution is 0.0936. The lowest BCUT2D eigenvalue weighted by Crippen LogP contribution is -2.33. The first kappa shape index (κ1) is 13.9. The second-order valence-electron chi connectivity index (χ2n) is 6.25. The Morgan fingerprint density at radius 3 is 2.68 bits per heavy atom. The van der Waals surface area contributed by atoms with Crippen LogP contribution in [0.1, 0.15) is 49.0 Å². The Balaban J connectivity index is 2.02. The fraction of sp³-hybridized carbons (Fsp3) is 0.533. The molecule has 4 heteroatoms. The van der Waals surface area contributed by atoms with Crippen molar-refractivity contribution < 1.29 is 4.79 Å². The predicted molar refractivity (Wildman–Crippen MR) is 77.9 cm³/mol. The van der Waals surface area contributed by atoms with Crippen molar-refractivity contribution in [1.82, 2.24) is 5.32 Å². The average Bonchev–Trinajstić information content (AvgIpc) is 2.68. The van der Waals surface area contributed by atoms with Crippen LogP contribution in [0.5, 0.6) is 0 Å². The van der Waals surface area contributed by atoms with Crippen LogP contribution >= 0.6 is 0 Å². The highest BCUT2D eigenvalue weighted by molar-refractivity contribution is 5.95. The van der Waals surface area contributed by atoms with Gasteiger partial charge in [0.25, 0.3) is 5.91 Å². The van der Waals surface area contributed by atoms with E-state index in [-0.39, 0.29) is 5.91 Å². The molecule has 0 aromatic heterocycles. The number of benzene rings is 1. The van der Waals surface area contributed by atoms with Crippen LogP contribution in [0.15, 0.2) is 18.2 Å². The van der Waals surface area contributed by atoms with Gasteiger partial charge in [-0.3, -0.25) is 10.6 Å². The zero-order valence-corrected chi connectivity index (χ0v) is 11.9. The second kappa shape index (κ2) is 5.21. The first-order valence-electron chi connectivity index (χ1n) is 6.79. The molecule has 1 aliphatic rings. The van der Waals surface area contributed by atoms with Crippen molar-refractivity contribution in [3.05, 3.63) is 29.3 Å². The van der Waals surface area contributed by atoms with Gasteiger partial charge in [0.2, 0.25) is 0 Å². The molecule has 104 valence electrons. The maximum atomic E-state index is 12.2. The summed E-state index contributed by atoms with van der Waals surface area (Å²) in [4.78, 5) is 12.2. The van der Waals surface area contributed by atoms with Crippen molar-refractivity contribution in [1.29, 1.82) is 0 Å². The molecule has 1 atom stereocenters. The van der Waals surface area contributed by atoms with Gasteiger partial charge in [0, 0.05) is 11.6 Å². The SMILES string of the molecule is Cc1cc(C(=O)NC2CCC(C)(C)C2)ccc1NN. The fourth-order valence-electron chi connectivity index (χ4n) is 2.79. The molecule has 19 heavy (non-hydrogen) atoms. The number of carbonyl (C=O) groups is 1. The van der Waals surface area contributed by atoms with Gasteiger partial charge in [-0.1, -0.05) is 13.8 Å². The van der Waals surface area contributed by atoms with Gasteiger partial charge in [0.05, 0.1) is 5.69 Å². The molecule has 1 unspecified atom stereocenters. The number of rotatable bonds is 3. The Kier molecular flexibility index (Phi) is 3.80. The minimum absolute atomic E-state index is 0.00868. The molecular weight excluding hydrogens is 238 g/mol. The Morgan fingerprint density at radius 1 is 1.42 bits per heavy atom. The molecule has 0 heterocycles. The number of hydrogen-bond donors (Lipinski definition) is 3. The molecule has 1 saturated carbocycles. The van der Waals surface area contributed by atoms with Crippen LogP contribution < -0.4 is 16.6 Å². The Hall–Kier alpha value is -1.55. The van der Waals surface area contributed by atoms with E-state index in [4.69, 9.17) is 5.84 Å². The Morgan fingerprint density at radius 2 is 2.16 bits per heavy atom. The molecule has 2 rings (SSSR count). The van der Waals surface area contributed by atoms with E-state index in [0.717, 1.165) is 24.1 Å². The van der Waals surface area contributed by atoms with Crippen LogP contribution in [-0.4, -0.2) is 11.9 Å². The summed E-state index contributed by atoms with van der Waals surface area (Å²) in [7, 11) is 0. The van der Waals surface area contributed by atoms with Crippen molar-refractivity contribution >= 4 is 11.6 Å². The summed E-state index contributed by atoms with van der Waals surface area (Å²) >= 11 is 0. The third-order valence-electron chi connectivity index (χ3n) is 3.95.